The molecular formula is C16H27FIN3O2. The molecule has 0 heterocycles. The van der Waals surface area contributed by atoms with E-state index < -0.39 is 6.10 Å². The molecule has 0 saturated carbocycles. The first kappa shape index (κ1) is 22.1. The molecule has 0 aliphatic carbocycles. The van der Waals surface area contributed by atoms with Crippen LogP contribution < -0.4 is 10.6 Å². The molecule has 1 rings (SSSR count). The molecule has 1 unspecified atom stereocenters. The van der Waals surface area contributed by atoms with E-state index in [0.717, 1.165) is 26.1 Å². The average molecular weight is 439 g/mol. The highest BCUT2D eigenvalue weighted by molar-refractivity contribution is 14.0. The van der Waals surface area contributed by atoms with Gasteiger partial charge >= 0.3 is 0 Å². The Morgan fingerprint density at radius 2 is 1.96 bits per heavy atom. The van der Waals surface area contributed by atoms with Crippen LogP contribution in [0.4, 0.5) is 4.39 Å². The standard InChI is InChI=1S/C16H26FN3O2.HI/c1-3-18-16(19-10-5-11-22-4-2)20-12-15(21)13-6-8-14(17)9-7-13;/h6-9,15,21H,3-5,10-12H2,1-2H3,(H2,18,19,20);1H. The van der Waals surface area contributed by atoms with Crippen LogP contribution in [0.2, 0.25) is 0 Å². The summed E-state index contributed by atoms with van der Waals surface area (Å²) in [6.07, 6.45) is 0.137. The summed E-state index contributed by atoms with van der Waals surface area (Å²) in [7, 11) is 0. The summed E-state index contributed by atoms with van der Waals surface area (Å²) in [5.41, 5.74) is 0.650. The number of ether oxygens (including phenoxy) is 1. The molecule has 0 saturated heterocycles. The van der Waals surface area contributed by atoms with E-state index in [4.69, 9.17) is 4.74 Å². The van der Waals surface area contributed by atoms with Crippen molar-refractivity contribution in [1.82, 2.24) is 10.6 Å². The second kappa shape index (κ2) is 13.5. The Kier molecular flexibility index (Phi) is 13.0. The highest BCUT2D eigenvalue weighted by atomic mass is 127. The summed E-state index contributed by atoms with van der Waals surface area (Å²) in [5.74, 6) is 0.337. The molecule has 3 N–H and O–H groups in total. The van der Waals surface area contributed by atoms with Crippen LogP contribution in [0.15, 0.2) is 29.3 Å². The fraction of sp³-hybridized carbons (Fsp3) is 0.562. The number of aliphatic imine (C=N–C) groups is 1. The molecule has 0 bridgehead atoms. The van der Waals surface area contributed by atoms with Crippen LogP contribution in [0.25, 0.3) is 0 Å². The van der Waals surface area contributed by atoms with Crippen LogP contribution in [-0.4, -0.2) is 43.9 Å². The third-order valence-corrected chi connectivity index (χ3v) is 2.98. The fourth-order valence-corrected chi connectivity index (χ4v) is 1.84. The normalized spacial score (nSPS) is 12.4. The van der Waals surface area contributed by atoms with Gasteiger partial charge in [0.15, 0.2) is 5.96 Å². The van der Waals surface area contributed by atoms with Crippen molar-refractivity contribution in [3.8, 4) is 0 Å². The van der Waals surface area contributed by atoms with Gasteiger partial charge in [0.05, 0.1) is 12.6 Å². The first-order valence-corrected chi connectivity index (χ1v) is 7.70. The second-order valence-corrected chi connectivity index (χ2v) is 4.76. The summed E-state index contributed by atoms with van der Waals surface area (Å²) < 4.78 is 18.1. The molecule has 1 aromatic carbocycles. The highest BCUT2D eigenvalue weighted by Crippen LogP contribution is 2.13. The first-order valence-electron chi connectivity index (χ1n) is 7.70. The number of benzene rings is 1. The number of aliphatic hydroxyl groups excluding tert-OH is 1. The molecule has 132 valence electrons. The molecule has 5 nitrogen and oxygen atoms in total. The van der Waals surface area contributed by atoms with Gasteiger partial charge in [-0.3, -0.25) is 4.99 Å². The van der Waals surface area contributed by atoms with Gasteiger partial charge in [0.1, 0.15) is 5.82 Å². The number of hydrogen-bond acceptors (Lipinski definition) is 3. The predicted octanol–water partition coefficient (Wildman–Crippen LogP) is 2.46. The number of guanidine groups is 1. The van der Waals surface area contributed by atoms with Gasteiger partial charge in [-0.2, -0.15) is 0 Å². The van der Waals surface area contributed by atoms with Gasteiger partial charge in [0.25, 0.3) is 0 Å². The lowest BCUT2D eigenvalue weighted by Gasteiger charge is -2.13. The minimum Gasteiger partial charge on any atom is -0.386 e. The van der Waals surface area contributed by atoms with E-state index in [2.05, 4.69) is 15.6 Å². The molecule has 0 radical (unpaired) electrons. The quantitative estimate of drug-likeness (QED) is 0.240. The number of nitrogens with zero attached hydrogens (tertiary/aromatic N) is 1. The fourth-order valence-electron chi connectivity index (χ4n) is 1.84. The minimum absolute atomic E-state index is 0. The number of halogens is 2. The average Bonchev–Trinajstić information content (AvgIpc) is 2.52. The van der Waals surface area contributed by atoms with E-state index in [1.165, 1.54) is 12.1 Å². The van der Waals surface area contributed by atoms with Crippen molar-refractivity contribution in [2.45, 2.75) is 26.4 Å². The van der Waals surface area contributed by atoms with E-state index >= 15 is 0 Å². The van der Waals surface area contributed by atoms with Crippen molar-refractivity contribution in [1.29, 1.82) is 0 Å². The minimum atomic E-state index is -0.750. The van der Waals surface area contributed by atoms with Crippen molar-refractivity contribution >= 4 is 29.9 Å². The van der Waals surface area contributed by atoms with E-state index in [-0.39, 0.29) is 36.3 Å². The molecule has 0 aliphatic rings. The maximum Gasteiger partial charge on any atom is 0.191 e. The van der Waals surface area contributed by atoms with Crippen LogP contribution in [-0.2, 0) is 4.74 Å². The summed E-state index contributed by atoms with van der Waals surface area (Å²) in [5, 5.41) is 16.4. The highest BCUT2D eigenvalue weighted by Gasteiger charge is 2.07. The van der Waals surface area contributed by atoms with Crippen LogP contribution in [0.1, 0.15) is 31.9 Å². The Balaban J connectivity index is 0.00000484. The van der Waals surface area contributed by atoms with Gasteiger partial charge < -0.3 is 20.5 Å². The van der Waals surface area contributed by atoms with Crippen molar-refractivity contribution < 1.29 is 14.2 Å². The Morgan fingerprint density at radius 1 is 1.26 bits per heavy atom. The summed E-state index contributed by atoms with van der Waals surface area (Å²) in [6.45, 7) is 7.08. The van der Waals surface area contributed by atoms with Crippen molar-refractivity contribution in [2.75, 3.05) is 32.8 Å². The van der Waals surface area contributed by atoms with E-state index in [9.17, 15) is 9.50 Å². The van der Waals surface area contributed by atoms with Crippen molar-refractivity contribution in [3.05, 3.63) is 35.6 Å². The number of aliphatic hydroxyl groups is 1. The summed E-state index contributed by atoms with van der Waals surface area (Å²) in [4.78, 5) is 4.34. The number of hydrogen-bond donors (Lipinski definition) is 3. The molecular weight excluding hydrogens is 412 g/mol. The van der Waals surface area contributed by atoms with E-state index in [0.29, 0.717) is 18.1 Å². The lowest BCUT2D eigenvalue weighted by molar-refractivity contribution is 0.145. The van der Waals surface area contributed by atoms with E-state index in [1.807, 2.05) is 13.8 Å². The van der Waals surface area contributed by atoms with Crippen LogP contribution in [0.5, 0.6) is 0 Å². The summed E-state index contributed by atoms with van der Waals surface area (Å²) in [6, 6.07) is 5.80. The molecule has 0 spiro atoms. The van der Waals surface area contributed by atoms with Gasteiger partial charge in [-0.25, -0.2) is 4.39 Å². The van der Waals surface area contributed by atoms with Gasteiger partial charge in [-0.15, -0.1) is 24.0 Å². The largest absolute Gasteiger partial charge is 0.386 e. The van der Waals surface area contributed by atoms with Crippen LogP contribution in [0.3, 0.4) is 0 Å². The zero-order valence-electron chi connectivity index (χ0n) is 13.7. The van der Waals surface area contributed by atoms with Crippen LogP contribution in [0, 0.1) is 5.82 Å². The SMILES string of the molecule is CCNC(=NCC(O)c1ccc(F)cc1)NCCCOCC.I. The first-order chi connectivity index (χ1) is 10.7. The van der Waals surface area contributed by atoms with Gasteiger partial charge in [-0.05, 0) is 38.0 Å². The van der Waals surface area contributed by atoms with Crippen molar-refractivity contribution in [3.63, 3.8) is 0 Å². The Labute approximate surface area is 154 Å². The number of rotatable bonds is 9. The van der Waals surface area contributed by atoms with Crippen LogP contribution >= 0.6 is 24.0 Å². The Morgan fingerprint density at radius 3 is 2.57 bits per heavy atom. The maximum atomic E-state index is 12.9. The lowest BCUT2D eigenvalue weighted by Crippen LogP contribution is -2.38. The molecule has 23 heavy (non-hydrogen) atoms. The monoisotopic (exact) mass is 439 g/mol. The zero-order valence-corrected chi connectivity index (χ0v) is 16.0. The maximum absolute atomic E-state index is 12.9. The topological polar surface area (TPSA) is 65.9 Å². The molecule has 1 atom stereocenters. The Hall–Kier alpha value is -0.930. The molecule has 0 aromatic heterocycles. The van der Waals surface area contributed by atoms with Gasteiger partial charge in [0, 0.05) is 26.3 Å². The molecule has 0 amide bonds. The van der Waals surface area contributed by atoms with Crippen molar-refractivity contribution in [2.24, 2.45) is 4.99 Å². The Bertz CT molecular complexity index is 443. The number of nitrogens with one attached hydrogen (secondary N) is 2. The van der Waals surface area contributed by atoms with E-state index in [1.54, 1.807) is 12.1 Å². The molecule has 0 fully saturated rings. The third kappa shape index (κ3) is 9.72. The zero-order chi connectivity index (χ0) is 16.2. The van der Waals surface area contributed by atoms with Gasteiger partial charge in [0.2, 0.25) is 0 Å². The molecule has 0 aliphatic heterocycles. The predicted molar refractivity (Wildman–Crippen MR) is 102 cm³/mol. The summed E-state index contributed by atoms with van der Waals surface area (Å²) >= 11 is 0. The lowest BCUT2D eigenvalue weighted by atomic mass is 10.1. The smallest absolute Gasteiger partial charge is 0.191 e. The molecule has 1 aromatic rings. The van der Waals surface area contributed by atoms with Gasteiger partial charge in [-0.1, -0.05) is 12.1 Å². The third-order valence-electron chi connectivity index (χ3n) is 2.98. The molecule has 7 heteroatoms. The second-order valence-electron chi connectivity index (χ2n) is 4.76.